The first-order valence-electron chi connectivity index (χ1n) is 7.27. The van der Waals surface area contributed by atoms with Crippen LogP contribution in [0.2, 0.25) is 0 Å². The Bertz CT molecular complexity index is 1000. The minimum absolute atomic E-state index is 0.336. The molecule has 1 aromatic carbocycles. The highest BCUT2D eigenvalue weighted by Gasteiger charge is 2.18. The molecule has 6 heteroatoms. The van der Waals surface area contributed by atoms with Gasteiger partial charge in [-0.1, -0.05) is 18.2 Å². The SMILES string of the molecule is Cc1cnc2c(c1N(C)c1ccccc1)c(=O)n(C)c(=O)n2C. The quantitative estimate of drug-likeness (QED) is 0.723. The van der Waals surface area contributed by atoms with Crippen molar-refractivity contribution in [1.82, 2.24) is 14.1 Å². The Labute approximate surface area is 133 Å². The normalized spacial score (nSPS) is 11.0. The Morgan fingerprint density at radius 2 is 1.70 bits per heavy atom. The van der Waals surface area contributed by atoms with Crippen LogP contribution in [-0.2, 0) is 14.1 Å². The van der Waals surface area contributed by atoms with E-state index in [1.165, 1.54) is 11.6 Å². The Hall–Kier alpha value is -2.89. The van der Waals surface area contributed by atoms with Gasteiger partial charge in [0.25, 0.3) is 5.56 Å². The second-order valence-corrected chi connectivity index (χ2v) is 5.59. The van der Waals surface area contributed by atoms with Gasteiger partial charge in [-0.3, -0.25) is 13.9 Å². The van der Waals surface area contributed by atoms with Crippen molar-refractivity contribution >= 4 is 22.4 Å². The number of hydrogen-bond acceptors (Lipinski definition) is 4. The standard InChI is InChI=1S/C17H18N4O2/c1-11-10-18-15-13(16(22)21(4)17(23)20(15)3)14(11)19(2)12-8-6-5-7-9-12/h5-10H,1-4H3. The first-order valence-corrected chi connectivity index (χ1v) is 7.27. The highest BCUT2D eigenvalue weighted by atomic mass is 16.2. The summed E-state index contributed by atoms with van der Waals surface area (Å²) in [5, 5.41) is 0.445. The van der Waals surface area contributed by atoms with E-state index in [1.54, 1.807) is 13.2 Å². The molecule has 2 heterocycles. The van der Waals surface area contributed by atoms with E-state index in [0.29, 0.717) is 11.0 Å². The van der Waals surface area contributed by atoms with Crippen LogP contribution < -0.4 is 16.1 Å². The summed E-state index contributed by atoms with van der Waals surface area (Å²) in [4.78, 5) is 31.1. The van der Waals surface area contributed by atoms with Gasteiger partial charge in [-0.2, -0.15) is 0 Å². The van der Waals surface area contributed by atoms with E-state index in [0.717, 1.165) is 21.5 Å². The number of pyridine rings is 1. The van der Waals surface area contributed by atoms with Gasteiger partial charge in [0.2, 0.25) is 0 Å². The first-order chi connectivity index (χ1) is 10.9. The number of fused-ring (bicyclic) bond motifs is 1. The van der Waals surface area contributed by atoms with Crippen LogP contribution in [0.4, 0.5) is 11.4 Å². The fraction of sp³-hybridized carbons (Fsp3) is 0.235. The van der Waals surface area contributed by atoms with Gasteiger partial charge in [-0.15, -0.1) is 0 Å². The Morgan fingerprint density at radius 3 is 2.35 bits per heavy atom. The number of hydrogen-bond donors (Lipinski definition) is 0. The lowest BCUT2D eigenvalue weighted by molar-refractivity contribution is 0.707. The van der Waals surface area contributed by atoms with Crippen LogP contribution in [0.1, 0.15) is 5.56 Å². The first kappa shape index (κ1) is 15.0. The van der Waals surface area contributed by atoms with Crippen LogP contribution in [-0.4, -0.2) is 21.2 Å². The van der Waals surface area contributed by atoms with E-state index in [4.69, 9.17) is 0 Å². The predicted molar refractivity (Wildman–Crippen MR) is 91.5 cm³/mol. The summed E-state index contributed by atoms with van der Waals surface area (Å²) in [7, 11) is 5.01. The maximum absolute atomic E-state index is 12.7. The maximum Gasteiger partial charge on any atom is 0.332 e. The fourth-order valence-corrected chi connectivity index (χ4v) is 2.82. The summed E-state index contributed by atoms with van der Waals surface area (Å²) >= 11 is 0. The predicted octanol–water partition coefficient (Wildman–Crippen LogP) is 1.71. The third kappa shape index (κ3) is 2.23. The molecule has 0 saturated carbocycles. The highest BCUT2D eigenvalue weighted by molar-refractivity contribution is 5.92. The van der Waals surface area contributed by atoms with E-state index in [9.17, 15) is 9.59 Å². The molecule has 0 fully saturated rings. The molecule has 0 amide bonds. The molecule has 0 saturated heterocycles. The van der Waals surface area contributed by atoms with Gasteiger partial charge in [0.05, 0.1) is 5.69 Å². The lowest BCUT2D eigenvalue weighted by Crippen LogP contribution is -2.38. The monoisotopic (exact) mass is 310 g/mol. The van der Waals surface area contributed by atoms with Crippen LogP contribution in [0.5, 0.6) is 0 Å². The van der Waals surface area contributed by atoms with Crippen molar-refractivity contribution < 1.29 is 0 Å². The molecule has 118 valence electrons. The smallest absolute Gasteiger partial charge is 0.332 e. The topological polar surface area (TPSA) is 60.1 Å². The molecule has 0 bridgehead atoms. The Morgan fingerprint density at radius 1 is 1.04 bits per heavy atom. The Kier molecular flexibility index (Phi) is 3.52. The zero-order valence-corrected chi connectivity index (χ0v) is 13.6. The lowest BCUT2D eigenvalue weighted by atomic mass is 10.1. The van der Waals surface area contributed by atoms with Gasteiger partial charge in [-0.25, -0.2) is 9.78 Å². The van der Waals surface area contributed by atoms with Crippen molar-refractivity contribution in [3.8, 4) is 0 Å². The van der Waals surface area contributed by atoms with Crippen molar-refractivity contribution in [2.24, 2.45) is 14.1 Å². The van der Waals surface area contributed by atoms with E-state index >= 15 is 0 Å². The fourth-order valence-electron chi connectivity index (χ4n) is 2.82. The largest absolute Gasteiger partial charge is 0.344 e. The van der Waals surface area contributed by atoms with Gasteiger partial charge in [0.15, 0.2) is 5.65 Å². The van der Waals surface area contributed by atoms with E-state index in [-0.39, 0.29) is 11.2 Å². The zero-order valence-electron chi connectivity index (χ0n) is 13.6. The van der Waals surface area contributed by atoms with Crippen molar-refractivity contribution in [2.45, 2.75) is 6.92 Å². The molecule has 3 aromatic rings. The van der Waals surface area contributed by atoms with Gasteiger partial charge >= 0.3 is 5.69 Å². The average Bonchev–Trinajstić information content (AvgIpc) is 2.58. The molecule has 0 unspecified atom stereocenters. The van der Waals surface area contributed by atoms with Crippen molar-refractivity contribution in [1.29, 1.82) is 0 Å². The van der Waals surface area contributed by atoms with Gasteiger partial charge in [0.1, 0.15) is 5.39 Å². The molecule has 2 aromatic heterocycles. The van der Waals surface area contributed by atoms with Gasteiger partial charge in [0, 0.05) is 33.0 Å². The molecule has 0 atom stereocenters. The average molecular weight is 310 g/mol. The lowest BCUT2D eigenvalue weighted by Gasteiger charge is -2.23. The second-order valence-electron chi connectivity index (χ2n) is 5.59. The molecule has 0 aliphatic rings. The molecule has 0 radical (unpaired) electrons. The van der Waals surface area contributed by atoms with E-state index in [2.05, 4.69) is 4.98 Å². The molecule has 23 heavy (non-hydrogen) atoms. The summed E-state index contributed by atoms with van der Waals surface area (Å²) in [5.41, 5.74) is 2.27. The molecule has 3 rings (SSSR count). The zero-order chi connectivity index (χ0) is 16.7. The molecule has 0 aliphatic heterocycles. The number of benzene rings is 1. The number of aryl methyl sites for hydroxylation is 2. The molecular formula is C17H18N4O2. The summed E-state index contributed by atoms with van der Waals surface area (Å²) in [6.45, 7) is 1.91. The minimum Gasteiger partial charge on any atom is -0.344 e. The molecule has 0 spiro atoms. The minimum atomic E-state index is -0.382. The molecule has 0 aliphatic carbocycles. The summed E-state index contributed by atoms with van der Waals surface area (Å²) < 4.78 is 2.52. The number of para-hydroxylation sites is 1. The highest BCUT2D eigenvalue weighted by Crippen LogP contribution is 2.30. The number of aromatic nitrogens is 3. The third-order valence-corrected chi connectivity index (χ3v) is 4.10. The molecular weight excluding hydrogens is 292 g/mol. The third-order valence-electron chi connectivity index (χ3n) is 4.10. The van der Waals surface area contributed by atoms with E-state index in [1.807, 2.05) is 49.2 Å². The second kappa shape index (κ2) is 5.39. The summed E-state index contributed by atoms with van der Waals surface area (Å²) in [6.07, 6.45) is 1.69. The van der Waals surface area contributed by atoms with Gasteiger partial charge in [-0.05, 0) is 24.6 Å². The van der Waals surface area contributed by atoms with Gasteiger partial charge < -0.3 is 4.90 Å². The van der Waals surface area contributed by atoms with Crippen molar-refractivity contribution in [3.63, 3.8) is 0 Å². The molecule has 6 nitrogen and oxygen atoms in total. The molecule has 0 N–H and O–H groups in total. The van der Waals surface area contributed by atoms with Crippen molar-refractivity contribution in [3.05, 3.63) is 62.9 Å². The number of nitrogens with zero attached hydrogens (tertiary/aromatic N) is 4. The van der Waals surface area contributed by atoms with Crippen LogP contribution in [0, 0.1) is 6.92 Å². The maximum atomic E-state index is 12.7. The number of rotatable bonds is 2. The van der Waals surface area contributed by atoms with Crippen LogP contribution in [0.25, 0.3) is 11.0 Å². The summed E-state index contributed by atoms with van der Waals surface area (Å²) in [5.74, 6) is 0. The van der Waals surface area contributed by atoms with Crippen LogP contribution >= 0.6 is 0 Å². The summed E-state index contributed by atoms with van der Waals surface area (Å²) in [6, 6.07) is 9.77. The van der Waals surface area contributed by atoms with E-state index < -0.39 is 0 Å². The number of anilines is 2. The van der Waals surface area contributed by atoms with Crippen molar-refractivity contribution in [2.75, 3.05) is 11.9 Å². The Balaban J connectivity index is 2.44. The van der Waals surface area contributed by atoms with Crippen LogP contribution in [0.15, 0.2) is 46.1 Å². The van der Waals surface area contributed by atoms with Crippen LogP contribution in [0.3, 0.4) is 0 Å².